The number of morpholine rings is 1. The number of carbonyl (C=O) groups is 2. The number of rotatable bonds is 8. The van der Waals surface area contributed by atoms with Crippen LogP contribution in [0.2, 0.25) is 5.02 Å². The predicted molar refractivity (Wildman–Crippen MR) is 143 cm³/mol. The Morgan fingerprint density at radius 1 is 1.22 bits per heavy atom. The average molecular weight is 529 g/mol. The van der Waals surface area contributed by atoms with Gasteiger partial charge in [0.05, 0.1) is 13.0 Å². The summed E-state index contributed by atoms with van der Waals surface area (Å²) in [6.07, 6.45) is 5.38. The van der Waals surface area contributed by atoms with Gasteiger partial charge in [0, 0.05) is 63.1 Å². The number of likely N-dealkylation sites (tertiary alicyclic amines) is 1. The molecule has 1 aromatic carbocycles. The molecule has 1 N–H and O–H groups in total. The van der Waals surface area contributed by atoms with Crippen molar-refractivity contribution in [2.75, 3.05) is 39.4 Å². The lowest BCUT2D eigenvalue weighted by Gasteiger charge is -2.43. The first-order valence-electron chi connectivity index (χ1n) is 12.9. The monoisotopic (exact) mass is 528 g/mol. The van der Waals surface area contributed by atoms with Crippen LogP contribution < -0.4 is 10.1 Å². The maximum atomic E-state index is 13.5. The summed E-state index contributed by atoms with van der Waals surface area (Å²) in [7, 11) is 0. The van der Waals surface area contributed by atoms with Gasteiger partial charge in [-0.3, -0.25) is 19.5 Å². The molecule has 0 unspecified atom stereocenters. The van der Waals surface area contributed by atoms with Crippen LogP contribution in [0.5, 0.6) is 5.75 Å². The van der Waals surface area contributed by atoms with Gasteiger partial charge >= 0.3 is 0 Å². The third kappa shape index (κ3) is 7.43. The van der Waals surface area contributed by atoms with E-state index in [9.17, 15) is 9.59 Å². The van der Waals surface area contributed by atoms with Crippen LogP contribution in [0.15, 0.2) is 36.7 Å². The van der Waals surface area contributed by atoms with Gasteiger partial charge in [0.1, 0.15) is 18.0 Å². The van der Waals surface area contributed by atoms with E-state index in [0.29, 0.717) is 26.2 Å². The van der Waals surface area contributed by atoms with Gasteiger partial charge < -0.3 is 19.7 Å². The summed E-state index contributed by atoms with van der Waals surface area (Å²) in [6, 6.07) is 7.97. The Balaban J connectivity index is 1.47. The number of benzene rings is 1. The number of piperidine rings is 1. The molecule has 0 aliphatic carbocycles. The largest absolute Gasteiger partial charge is 0.490 e. The van der Waals surface area contributed by atoms with Crippen molar-refractivity contribution in [3.63, 3.8) is 0 Å². The highest BCUT2D eigenvalue weighted by atomic mass is 35.5. The first-order chi connectivity index (χ1) is 17.7. The van der Waals surface area contributed by atoms with Gasteiger partial charge in [-0.1, -0.05) is 17.7 Å². The zero-order valence-electron chi connectivity index (χ0n) is 22.0. The van der Waals surface area contributed by atoms with E-state index < -0.39 is 5.60 Å². The summed E-state index contributed by atoms with van der Waals surface area (Å²) in [5.74, 6) is 0.741. The van der Waals surface area contributed by atoms with Crippen LogP contribution in [-0.2, 0) is 20.9 Å². The van der Waals surface area contributed by atoms with Gasteiger partial charge in [-0.15, -0.1) is 0 Å². The van der Waals surface area contributed by atoms with Crippen LogP contribution in [0.4, 0.5) is 0 Å². The van der Waals surface area contributed by atoms with Gasteiger partial charge in [0.25, 0.3) is 0 Å². The van der Waals surface area contributed by atoms with Crippen molar-refractivity contribution in [3.8, 4) is 5.75 Å². The van der Waals surface area contributed by atoms with Crippen molar-refractivity contribution in [3.05, 3.63) is 58.4 Å². The molecule has 2 amide bonds. The molecule has 3 heterocycles. The Labute approximate surface area is 224 Å². The summed E-state index contributed by atoms with van der Waals surface area (Å²) in [5.41, 5.74) is 2.24. The molecule has 0 saturated carbocycles. The zero-order chi connectivity index (χ0) is 26.4. The van der Waals surface area contributed by atoms with Gasteiger partial charge in [-0.25, -0.2) is 0 Å². The number of carbonyl (C=O) groups excluding carboxylic acids is 2. The Kier molecular flexibility index (Phi) is 9.05. The summed E-state index contributed by atoms with van der Waals surface area (Å²) in [4.78, 5) is 33.3. The molecule has 2 aliphatic heterocycles. The molecule has 9 heteroatoms. The molecule has 0 bridgehead atoms. The Morgan fingerprint density at radius 3 is 2.59 bits per heavy atom. The molecule has 2 fully saturated rings. The molecule has 2 aromatic rings. The number of nitrogens with zero attached hydrogens (tertiary/aromatic N) is 3. The highest BCUT2D eigenvalue weighted by molar-refractivity contribution is 6.32. The lowest BCUT2D eigenvalue weighted by molar-refractivity contribution is -0.157. The number of ether oxygens (including phenoxy) is 2. The summed E-state index contributed by atoms with van der Waals surface area (Å²) in [6.45, 7) is 9.53. The molecule has 0 spiro atoms. The van der Waals surface area contributed by atoms with Crippen LogP contribution in [0.3, 0.4) is 0 Å². The van der Waals surface area contributed by atoms with Gasteiger partial charge in [-0.05, 0) is 61.6 Å². The van der Waals surface area contributed by atoms with Crippen molar-refractivity contribution in [1.29, 1.82) is 0 Å². The van der Waals surface area contributed by atoms with Crippen LogP contribution in [0.25, 0.3) is 0 Å². The van der Waals surface area contributed by atoms with E-state index in [0.717, 1.165) is 53.4 Å². The van der Waals surface area contributed by atoms with E-state index in [-0.39, 0.29) is 30.9 Å². The first-order valence-corrected chi connectivity index (χ1v) is 13.3. The molecule has 1 atom stereocenters. The third-order valence-electron chi connectivity index (χ3n) is 7.10. The van der Waals surface area contributed by atoms with Gasteiger partial charge in [0.2, 0.25) is 11.8 Å². The first kappa shape index (κ1) is 27.4. The molecule has 0 radical (unpaired) electrons. The summed E-state index contributed by atoms with van der Waals surface area (Å²) >= 11 is 6.35. The Hall–Kier alpha value is -2.68. The minimum Gasteiger partial charge on any atom is -0.490 e. The second-order valence-corrected chi connectivity index (χ2v) is 10.7. The van der Waals surface area contributed by atoms with Crippen molar-refractivity contribution >= 4 is 23.4 Å². The fraction of sp³-hybridized carbons (Fsp3) is 0.536. The van der Waals surface area contributed by atoms with E-state index in [4.69, 9.17) is 21.1 Å². The third-order valence-corrected chi connectivity index (χ3v) is 7.69. The van der Waals surface area contributed by atoms with E-state index in [1.165, 1.54) is 6.92 Å². The molecular formula is C28H37ClN4O4. The van der Waals surface area contributed by atoms with Crippen molar-refractivity contribution in [1.82, 2.24) is 20.1 Å². The second-order valence-electron chi connectivity index (χ2n) is 10.3. The van der Waals surface area contributed by atoms with Crippen LogP contribution >= 0.6 is 11.6 Å². The standard InChI is InChI=1S/C28H37ClN4O4/c1-20-13-25(14-21(2)27(20)29)36-19-28(15-26(35)33-9-6-24(7-10-33)31-22(3)34)18-32(11-12-37-28)17-23-5-4-8-30-16-23/h4-5,8,13-14,16,24H,6-7,9-12,15,17-19H2,1-3H3,(H,31,34)/t28-/m0/s1. The zero-order valence-corrected chi connectivity index (χ0v) is 22.7. The molecule has 2 aliphatic rings. The number of amides is 2. The summed E-state index contributed by atoms with van der Waals surface area (Å²) in [5, 5.41) is 3.70. The minimum absolute atomic E-state index is 0.0298. The molecule has 8 nitrogen and oxygen atoms in total. The van der Waals surface area contributed by atoms with Gasteiger partial charge in [-0.2, -0.15) is 0 Å². The Bertz CT molecular complexity index is 1070. The Morgan fingerprint density at radius 2 is 1.95 bits per heavy atom. The van der Waals surface area contributed by atoms with E-state index in [1.54, 1.807) is 6.20 Å². The highest BCUT2D eigenvalue weighted by Crippen LogP contribution is 2.30. The summed E-state index contributed by atoms with van der Waals surface area (Å²) < 4.78 is 12.6. The lowest BCUT2D eigenvalue weighted by Crippen LogP contribution is -2.57. The van der Waals surface area contributed by atoms with E-state index >= 15 is 0 Å². The minimum atomic E-state index is -0.784. The van der Waals surface area contributed by atoms with E-state index in [1.807, 2.05) is 43.1 Å². The molecule has 37 heavy (non-hydrogen) atoms. The second kappa shape index (κ2) is 12.2. The van der Waals surface area contributed by atoms with Crippen molar-refractivity contribution < 1.29 is 19.1 Å². The van der Waals surface area contributed by atoms with Crippen molar-refractivity contribution in [2.45, 2.75) is 58.2 Å². The van der Waals surface area contributed by atoms with Crippen LogP contribution in [0.1, 0.15) is 42.9 Å². The fourth-order valence-corrected chi connectivity index (χ4v) is 5.32. The smallest absolute Gasteiger partial charge is 0.225 e. The SMILES string of the molecule is CC(=O)NC1CCN(C(=O)C[C@@]2(COc3cc(C)c(Cl)c(C)c3)CN(Cc3cccnc3)CCO2)CC1. The number of nitrogens with one attached hydrogen (secondary N) is 1. The number of pyridine rings is 1. The normalized spacial score (nSPS) is 21.0. The van der Waals surface area contributed by atoms with Crippen LogP contribution in [0, 0.1) is 13.8 Å². The number of halogens is 1. The van der Waals surface area contributed by atoms with E-state index in [2.05, 4.69) is 21.3 Å². The molecule has 4 rings (SSSR count). The maximum absolute atomic E-state index is 13.5. The molecular weight excluding hydrogens is 492 g/mol. The average Bonchev–Trinajstić information content (AvgIpc) is 2.87. The van der Waals surface area contributed by atoms with Gasteiger partial charge in [0.15, 0.2) is 0 Å². The van der Waals surface area contributed by atoms with Crippen LogP contribution in [-0.4, -0.2) is 77.6 Å². The lowest BCUT2D eigenvalue weighted by atomic mass is 9.95. The fourth-order valence-electron chi connectivity index (χ4n) is 5.21. The molecule has 2 saturated heterocycles. The topological polar surface area (TPSA) is 84.0 Å². The number of aryl methyl sites for hydroxylation is 2. The molecule has 1 aromatic heterocycles. The number of hydrogen-bond acceptors (Lipinski definition) is 6. The molecule has 200 valence electrons. The maximum Gasteiger partial charge on any atom is 0.225 e. The number of hydrogen-bond donors (Lipinski definition) is 1. The highest BCUT2D eigenvalue weighted by Gasteiger charge is 2.41. The quantitative estimate of drug-likeness (QED) is 0.564. The predicted octanol–water partition coefficient (Wildman–Crippen LogP) is 3.52. The number of aromatic nitrogens is 1. The van der Waals surface area contributed by atoms with Crippen molar-refractivity contribution in [2.24, 2.45) is 0 Å².